The predicted molar refractivity (Wildman–Crippen MR) is 123 cm³/mol. The Morgan fingerprint density at radius 2 is 1.85 bits per heavy atom. The molecule has 174 valence electrons. The van der Waals surface area contributed by atoms with Crippen LogP contribution in [-0.2, 0) is 32.4 Å². The van der Waals surface area contributed by atoms with E-state index in [4.69, 9.17) is 27.6 Å². The highest BCUT2D eigenvalue weighted by Gasteiger charge is 2.24. The molecule has 1 aliphatic heterocycles. The van der Waals surface area contributed by atoms with Gasteiger partial charge in [0.1, 0.15) is 16.8 Å². The molecular weight excluding hydrogens is 472 g/mol. The zero-order valence-corrected chi connectivity index (χ0v) is 19.5. The Kier molecular flexibility index (Phi) is 7.09. The molecule has 3 heterocycles. The van der Waals surface area contributed by atoms with Crippen LogP contribution >= 0.6 is 23.2 Å². The summed E-state index contributed by atoms with van der Waals surface area (Å²) in [5.74, 6) is 0.692. The van der Waals surface area contributed by atoms with Crippen LogP contribution in [0.1, 0.15) is 49.1 Å². The van der Waals surface area contributed by atoms with Gasteiger partial charge in [-0.05, 0) is 30.5 Å². The lowest BCUT2D eigenvalue weighted by atomic mass is 10.1. The second kappa shape index (κ2) is 10.0. The minimum Gasteiger partial charge on any atom is -0.425 e. The Morgan fingerprint density at radius 3 is 2.61 bits per heavy atom. The second-order valence-corrected chi connectivity index (χ2v) is 8.66. The quantitative estimate of drug-likeness (QED) is 0.448. The molecule has 1 aliphatic rings. The van der Waals surface area contributed by atoms with Crippen LogP contribution in [0, 0.1) is 5.82 Å². The summed E-state index contributed by atoms with van der Waals surface area (Å²) in [4.78, 5) is 30.1. The van der Waals surface area contributed by atoms with E-state index in [-0.39, 0.29) is 35.7 Å². The van der Waals surface area contributed by atoms with Crippen LogP contribution in [0.5, 0.6) is 0 Å². The van der Waals surface area contributed by atoms with Crippen molar-refractivity contribution >= 4 is 34.2 Å². The van der Waals surface area contributed by atoms with Gasteiger partial charge in [-0.2, -0.15) is 0 Å². The molecule has 33 heavy (non-hydrogen) atoms. The van der Waals surface area contributed by atoms with Crippen molar-refractivity contribution < 1.29 is 8.81 Å². The smallest absolute Gasteiger partial charge is 0.332 e. The van der Waals surface area contributed by atoms with Crippen molar-refractivity contribution in [3.05, 3.63) is 72.8 Å². The number of unbranched alkanes of at least 4 members (excludes halogenated alkanes) is 1. The molecule has 0 amide bonds. The van der Waals surface area contributed by atoms with Crippen molar-refractivity contribution in [2.24, 2.45) is 4.99 Å². The Balaban J connectivity index is 1.46. The zero-order chi connectivity index (χ0) is 23.5. The minimum absolute atomic E-state index is 0.205. The Bertz CT molecular complexity index is 1330. The van der Waals surface area contributed by atoms with Crippen LogP contribution in [0.4, 0.5) is 10.2 Å². The average molecular weight is 494 g/mol. The fourth-order valence-electron chi connectivity index (χ4n) is 3.72. The molecule has 8 nitrogen and oxygen atoms in total. The third kappa shape index (κ3) is 5.09. The summed E-state index contributed by atoms with van der Waals surface area (Å²) < 4.78 is 21.6. The molecule has 0 fully saturated rings. The van der Waals surface area contributed by atoms with Gasteiger partial charge in [0.25, 0.3) is 5.56 Å². The van der Waals surface area contributed by atoms with Crippen LogP contribution in [0.3, 0.4) is 0 Å². The van der Waals surface area contributed by atoms with E-state index in [0.717, 1.165) is 12.8 Å². The first-order valence-electron chi connectivity index (χ1n) is 10.7. The highest BCUT2D eigenvalue weighted by atomic mass is 35.5. The minimum atomic E-state index is -0.417. The zero-order valence-electron chi connectivity index (χ0n) is 18.0. The summed E-state index contributed by atoms with van der Waals surface area (Å²) in [6.07, 6.45) is 3.05. The molecule has 11 heteroatoms. The SMILES string of the molecule is CCCCn1c2c(c(=O)n(CCCc3nnc(Cc4ccc(F)cc4Cl)o3)c1=O)CC(Cl)=N2. The molecule has 0 saturated heterocycles. The lowest BCUT2D eigenvalue weighted by molar-refractivity contribution is 0.439. The first-order valence-corrected chi connectivity index (χ1v) is 11.5. The van der Waals surface area contributed by atoms with Crippen LogP contribution in [0.25, 0.3) is 0 Å². The van der Waals surface area contributed by atoms with E-state index < -0.39 is 5.82 Å². The summed E-state index contributed by atoms with van der Waals surface area (Å²) in [5, 5.41) is 8.62. The van der Waals surface area contributed by atoms with Gasteiger partial charge < -0.3 is 4.42 Å². The van der Waals surface area contributed by atoms with Crippen molar-refractivity contribution in [1.29, 1.82) is 0 Å². The highest BCUT2D eigenvalue weighted by Crippen LogP contribution is 2.24. The number of aromatic nitrogens is 4. The molecule has 0 unspecified atom stereocenters. The van der Waals surface area contributed by atoms with Gasteiger partial charge in [-0.25, -0.2) is 14.2 Å². The van der Waals surface area contributed by atoms with E-state index >= 15 is 0 Å². The van der Waals surface area contributed by atoms with Crippen LogP contribution < -0.4 is 11.2 Å². The molecule has 0 radical (unpaired) electrons. The molecule has 0 aliphatic carbocycles. The predicted octanol–water partition coefficient (Wildman–Crippen LogP) is 4.03. The maximum Gasteiger partial charge on any atom is 0.332 e. The standard InChI is InChI=1S/C22H22Cl2FN5O3/c1-2-3-8-29-20-15(12-17(24)26-20)21(31)30(22(29)32)9-4-5-18-27-28-19(33-18)10-13-6-7-14(25)11-16(13)23/h6-7,11H,2-5,8-10,12H2,1H3. The third-order valence-corrected chi connectivity index (χ3v) is 5.98. The van der Waals surface area contributed by atoms with Gasteiger partial charge in [-0.3, -0.25) is 13.9 Å². The molecule has 3 aromatic rings. The highest BCUT2D eigenvalue weighted by molar-refractivity contribution is 6.66. The van der Waals surface area contributed by atoms with Gasteiger partial charge in [0.15, 0.2) is 0 Å². The van der Waals surface area contributed by atoms with Crippen molar-refractivity contribution in [3.63, 3.8) is 0 Å². The lowest BCUT2D eigenvalue weighted by Gasteiger charge is -2.13. The number of fused-ring (bicyclic) bond motifs is 1. The van der Waals surface area contributed by atoms with Crippen LogP contribution in [-0.4, -0.2) is 24.5 Å². The summed E-state index contributed by atoms with van der Waals surface area (Å²) in [5.41, 5.74) is 0.372. The van der Waals surface area contributed by atoms with E-state index in [1.165, 1.54) is 21.3 Å². The van der Waals surface area contributed by atoms with Crippen molar-refractivity contribution in [2.45, 2.75) is 58.5 Å². The van der Waals surface area contributed by atoms with Crippen LogP contribution in [0.2, 0.25) is 5.02 Å². The average Bonchev–Trinajstić information content (AvgIpc) is 3.39. The fraction of sp³-hybridized carbons (Fsp3) is 0.409. The van der Waals surface area contributed by atoms with E-state index in [1.54, 1.807) is 6.07 Å². The van der Waals surface area contributed by atoms with E-state index in [0.29, 0.717) is 53.3 Å². The topological polar surface area (TPSA) is 95.3 Å². The Hall–Kier alpha value is -2.78. The maximum atomic E-state index is 13.2. The van der Waals surface area contributed by atoms with E-state index in [2.05, 4.69) is 15.2 Å². The molecule has 0 saturated carbocycles. The number of aliphatic imine (C=N–C) groups is 1. The molecule has 0 atom stereocenters. The first-order chi connectivity index (χ1) is 15.9. The van der Waals surface area contributed by atoms with E-state index in [1.807, 2.05) is 6.92 Å². The molecule has 1 aromatic carbocycles. The molecular formula is C22H22Cl2FN5O3. The third-order valence-electron chi connectivity index (χ3n) is 5.41. The summed E-state index contributed by atoms with van der Waals surface area (Å²) in [7, 11) is 0. The number of benzene rings is 1. The number of nitrogens with zero attached hydrogens (tertiary/aromatic N) is 5. The Morgan fingerprint density at radius 1 is 1.09 bits per heavy atom. The summed E-state index contributed by atoms with van der Waals surface area (Å²) in [6.45, 7) is 2.71. The summed E-state index contributed by atoms with van der Waals surface area (Å²) in [6, 6.07) is 4.12. The van der Waals surface area contributed by atoms with Crippen molar-refractivity contribution in [3.8, 4) is 0 Å². The summed E-state index contributed by atoms with van der Waals surface area (Å²) >= 11 is 12.1. The molecule has 0 N–H and O–H groups in total. The van der Waals surface area contributed by atoms with Gasteiger partial charge in [-0.1, -0.05) is 42.6 Å². The molecule has 0 spiro atoms. The molecule has 4 rings (SSSR count). The number of hydrogen-bond acceptors (Lipinski definition) is 6. The lowest BCUT2D eigenvalue weighted by Crippen LogP contribution is -2.41. The normalized spacial score (nSPS) is 12.8. The van der Waals surface area contributed by atoms with Gasteiger partial charge in [0.05, 0.1) is 12.0 Å². The number of rotatable bonds is 9. The second-order valence-electron chi connectivity index (χ2n) is 7.82. The van der Waals surface area contributed by atoms with Gasteiger partial charge in [-0.15, -0.1) is 10.2 Å². The fourth-order valence-corrected chi connectivity index (χ4v) is 4.17. The van der Waals surface area contributed by atoms with Gasteiger partial charge >= 0.3 is 5.69 Å². The Labute approximate surface area is 198 Å². The van der Waals surface area contributed by atoms with Gasteiger partial charge in [0.2, 0.25) is 11.8 Å². The van der Waals surface area contributed by atoms with Crippen molar-refractivity contribution in [2.75, 3.05) is 0 Å². The monoisotopic (exact) mass is 493 g/mol. The van der Waals surface area contributed by atoms with Crippen LogP contribution in [0.15, 0.2) is 37.2 Å². The number of halogens is 3. The molecule has 2 aromatic heterocycles. The number of hydrogen-bond donors (Lipinski definition) is 0. The number of aryl methyl sites for hydroxylation is 1. The first kappa shape index (κ1) is 23.4. The van der Waals surface area contributed by atoms with Gasteiger partial charge in [0, 0.05) is 31.0 Å². The largest absolute Gasteiger partial charge is 0.425 e. The van der Waals surface area contributed by atoms with E-state index in [9.17, 15) is 14.0 Å². The molecule has 0 bridgehead atoms. The van der Waals surface area contributed by atoms with Crippen molar-refractivity contribution in [1.82, 2.24) is 19.3 Å². The maximum absolute atomic E-state index is 13.2.